The van der Waals surface area contributed by atoms with Gasteiger partial charge in [-0.05, 0) is 49.4 Å². The van der Waals surface area contributed by atoms with Gasteiger partial charge in [-0.15, -0.1) is 11.3 Å². The molecule has 1 aromatic carbocycles. The van der Waals surface area contributed by atoms with E-state index < -0.39 is 11.9 Å². The normalized spacial score (nSPS) is 15.2. The highest BCUT2D eigenvalue weighted by atomic mass is 32.1. The highest BCUT2D eigenvalue weighted by Gasteiger charge is 2.36. The van der Waals surface area contributed by atoms with Crippen molar-refractivity contribution in [3.63, 3.8) is 0 Å². The zero-order chi connectivity index (χ0) is 23.4. The van der Waals surface area contributed by atoms with E-state index in [0.717, 1.165) is 30.6 Å². The molecule has 6 nitrogen and oxygen atoms in total. The Morgan fingerprint density at radius 2 is 2.03 bits per heavy atom. The number of thiophene rings is 1. The number of nitrogens with zero attached hydrogens (tertiary/aromatic N) is 3. The molecule has 2 aromatic heterocycles. The molecule has 0 spiro atoms. The number of benzene rings is 1. The Labute approximate surface area is 197 Å². The molecule has 0 aliphatic heterocycles. The number of nitrogens with one attached hydrogen (secondary N) is 1. The van der Waals surface area contributed by atoms with E-state index in [4.69, 9.17) is 0 Å². The molecule has 0 bridgehead atoms. The lowest BCUT2D eigenvalue weighted by molar-refractivity contribution is -0.127. The molecule has 1 saturated carbocycles. The summed E-state index contributed by atoms with van der Waals surface area (Å²) >= 11 is 1.48. The number of rotatable bonds is 7. The molecule has 8 heteroatoms. The van der Waals surface area contributed by atoms with E-state index in [-0.39, 0.29) is 24.3 Å². The number of hydrogen-bond donors (Lipinski definition) is 1. The number of carbonyl (C=O) groups is 2. The number of anilines is 1. The number of amides is 2. The van der Waals surface area contributed by atoms with Crippen LogP contribution >= 0.6 is 11.3 Å². The molecule has 0 saturated heterocycles. The van der Waals surface area contributed by atoms with Gasteiger partial charge in [0.15, 0.2) is 0 Å². The number of hydrogen-bond acceptors (Lipinski definition) is 4. The van der Waals surface area contributed by atoms with Crippen molar-refractivity contribution in [2.45, 2.75) is 57.5 Å². The van der Waals surface area contributed by atoms with Gasteiger partial charge in [0, 0.05) is 35.4 Å². The first kappa shape index (κ1) is 23.2. The molecule has 1 aliphatic carbocycles. The maximum Gasteiger partial charge on any atom is 0.248 e. The third-order valence-electron chi connectivity index (χ3n) is 6.06. The van der Waals surface area contributed by atoms with Crippen LogP contribution in [0.25, 0.3) is 0 Å². The number of aromatic nitrogens is 2. The molecule has 0 radical (unpaired) electrons. The van der Waals surface area contributed by atoms with E-state index in [2.05, 4.69) is 10.4 Å². The maximum atomic E-state index is 14.2. The predicted octanol–water partition coefficient (Wildman–Crippen LogP) is 4.70. The summed E-state index contributed by atoms with van der Waals surface area (Å²) in [6, 6.07) is 8.76. The molecule has 2 amide bonds. The lowest BCUT2D eigenvalue weighted by Gasteiger charge is -2.33. The number of halogens is 1. The number of carbonyl (C=O) groups excluding carboxylic acids is 2. The van der Waals surface area contributed by atoms with Gasteiger partial charge in [-0.2, -0.15) is 5.10 Å². The summed E-state index contributed by atoms with van der Waals surface area (Å²) in [6.07, 6.45) is 7.07. The zero-order valence-electron chi connectivity index (χ0n) is 19.0. The van der Waals surface area contributed by atoms with Crippen molar-refractivity contribution in [2.24, 2.45) is 7.05 Å². The monoisotopic (exact) mass is 468 g/mol. The largest absolute Gasteiger partial charge is 0.351 e. The number of aryl methyl sites for hydroxylation is 2. The summed E-state index contributed by atoms with van der Waals surface area (Å²) < 4.78 is 15.9. The van der Waals surface area contributed by atoms with Gasteiger partial charge in [0.05, 0.1) is 12.1 Å². The summed E-state index contributed by atoms with van der Waals surface area (Å²) in [5.74, 6) is -0.993. The standard InChI is InChI=1S/C25H29FN4O2S/c1-17-22(16-29(2)28-17)24(25(32)27-19-9-4-3-5-10-19)30(20-11-6-8-18(26)14-20)23(31)15-21-12-7-13-33-21/h6-8,11-14,16,19,24H,3-5,9-10,15H2,1-2H3,(H,27,32)/t24-/m1/s1. The van der Waals surface area contributed by atoms with Crippen LogP contribution in [0.4, 0.5) is 10.1 Å². The minimum Gasteiger partial charge on any atom is -0.351 e. The fourth-order valence-electron chi connectivity index (χ4n) is 4.52. The fourth-order valence-corrected chi connectivity index (χ4v) is 5.22. The van der Waals surface area contributed by atoms with Gasteiger partial charge in [0.1, 0.15) is 11.9 Å². The van der Waals surface area contributed by atoms with Gasteiger partial charge < -0.3 is 5.32 Å². The Morgan fingerprint density at radius 3 is 2.67 bits per heavy atom. The molecule has 1 fully saturated rings. The molecule has 1 atom stereocenters. The van der Waals surface area contributed by atoms with Crippen LogP contribution in [-0.2, 0) is 23.1 Å². The summed E-state index contributed by atoms with van der Waals surface area (Å²) in [6.45, 7) is 1.82. The predicted molar refractivity (Wildman–Crippen MR) is 128 cm³/mol. The van der Waals surface area contributed by atoms with Crippen LogP contribution in [-0.4, -0.2) is 27.6 Å². The Kier molecular flexibility index (Phi) is 7.23. The van der Waals surface area contributed by atoms with Crippen LogP contribution in [0.3, 0.4) is 0 Å². The smallest absolute Gasteiger partial charge is 0.248 e. The van der Waals surface area contributed by atoms with E-state index >= 15 is 0 Å². The van der Waals surface area contributed by atoms with Gasteiger partial charge in [-0.25, -0.2) is 4.39 Å². The highest BCUT2D eigenvalue weighted by molar-refractivity contribution is 7.10. The van der Waals surface area contributed by atoms with Gasteiger partial charge in [0.25, 0.3) is 0 Å². The Morgan fingerprint density at radius 1 is 1.24 bits per heavy atom. The lowest BCUT2D eigenvalue weighted by Crippen LogP contribution is -2.47. The molecule has 3 aromatic rings. The van der Waals surface area contributed by atoms with Crippen LogP contribution in [0, 0.1) is 12.7 Å². The summed E-state index contributed by atoms with van der Waals surface area (Å²) in [5, 5.41) is 9.50. The third kappa shape index (κ3) is 5.50. The van der Waals surface area contributed by atoms with E-state index in [9.17, 15) is 14.0 Å². The van der Waals surface area contributed by atoms with Crippen molar-refractivity contribution in [1.82, 2.24) is 15.1 Å². The van der Waals surface area contributed by atoms with Crippen molar-refractivity contribution < 1.29 is 14.0 Å². The minimum atomic E-state index is -0.949. The van der Waals surface area contributed by atoms with E-state index in [1.807, 2.05) is 24.4 Å². The quantitative estimate of drug-likeness (QED) is 0.547. The second-order valence-electron chi connectivity index (χ2n) is 8.59. The molecule has 0 unspecified atom stereocenters. The molecule has 1 aliphatic rings. The SMILES string of the molecule is Cc1nn(C)cc1[C@H](C(=O)NC1CCCCC1)N(C(=O)Cc1cccs1)c1cccc(F)c1. The van der Waals surface area contributed by atoms with Crippen LogP contribution in [0.1, 0.15) is 54.3 Å². The third-order valence-corrected chi connectivity index (χ3v) is 6.94. The first-order chi connectivity index (χ1) is 15.9. The van der Waals surface area contributed by atoms with Crippen LogP contribution < -0.4 is 10.2 Å². The second kappa shape index (κ2) is 10.3. The summed E-state index contributed by atoms with van der Waals surface area (Å²) in [5.41, 5.74) is 1.64. The summed E-state index contributed by atoms with van der Waals surface area (Å²) in [7, 11) is 1.78. The van der Waals surface area contributed by atoms with Crippen molar-refractivity contribution in [3.05, 3.63) is 69.9 Å². The Hall–Kier alpha value is -3.00. The maximum absolute atomic E-state index is 14.2. The van der Waals surface area contributed by atoms with E-state index in [1.54, 1.807) is 30.1 Å². The van der Waals surface area contributed by atoms with Crippen molar-refractivity contribution in [3.8, 4) is 0 Å². The summed E-state index contributed by atoms with van der Waals surface area (Å²) in [4.78, 5) is 29.7. The van der Waals surface area contributed by atoms with Gasteiger partial charge >= 0.3 is 0 Å². The van der Waals surface area contributed by atoms with Gasteiger partial charge in [-0.3, -0.25) is 19.2 Å². The van der Waals surface area contributed by atoms with E-state index in [1.165, 1.54) is 34.8 Å². The minimum absolute atomic E-state index is 0.0764. The van der Waals surface area contributed by atoms with Gasteiger partial charge in [-0.1, -0.05) is 31.4 Å². The zero-order valence-corrected chi connectivity index (χ0v) is 19.8. The second-order valence-corrected chi connectivity index (χ2v) is 9.62. The lowest BCUT2D eigenvalue weighted by atomic mass is 9.94. The van der Waals surface area contributed by atoms with Crippen molar-refractivity contribution in [2.75, 3.05) is 4.90 Å². The molecule has 1 N–H and O–H groups in total. The average Bonchev–Trinajstić information content (AvgIpc) is 3.41. The van der Waals surface area contributed by atoms with Gasteiger partial charge in [0.2, 0.25) is 11.8 Å². The Balaban J connectivity index is 1.76. The molecule has 2 heterocycles. The fraction of sp³-hybridized carbons (Fsp3) is 0.400. The van der Waals surface area contributed by atoms with Crippen molar-refractivity contribution in [1.29, 1.82) is 0 Å². The molecule has 174 valence electrons. The molecular formula is C25H29FN4O2S. The van der Waals surface area contributed by atoms with Crippen LogP contribution in [0.5, 0.6) is 0 Å². The van der Waals surface area contributed by atoms with Crippen LogP contribution in [0.2, 0.25) is 0 Å². The van der Waals surface area contributed by atoms with Crippen molar-refractivity contribution >= 4 is 28.8 Å². The van der Waals surface area contributed by atoms with Crippen LogP contribution in [0.15, 0.2) is 48.0 Å². The highest BCUT2D eigenvalue weighted by Crippen LogP contribution is 2.32. The average molecular weight is 469 g/mol. The molecule has 33 heavy (non-hydrogen) atoms. The topological polar surface area (TPSA) is 67.2 Å². The first-order valence-corrected chi connectivity index (χ1v) is 12.2. The molecule has 4 rings (SSSR count). The molecular weight excluding hydrogens is 439 g/mol. The Bertz CT molecular complexity index is 1110. The first-order valence-electron chi connectivity index (χ1n) is 11.3. The van der Waals surface area contributed by atoms with E-state index in [0.29, 0.717) is 16.9 Å².